The summed E-state index contributed by atoms with van der Waals surface area (Å²) in [4.78, 5) is 0. The number of nitrogens with zero attached hydrogens (tertiary/aromatic N) is 2. The molecule has 0 radical (unpaired) electrons. The van der Waals surface area contributed by atoms with Gasteiger partial charge in [-0.1, -0.05) is 0 Å². The van der Waals surface area contributed by atoms with Gasteiger partial charge in [-0.05, 0) is 43.1 Å². The third kappa shape index (κ3) is 4.07. The predicted molar refractivity (Wildman–Crippen MR) is 76.1 cm³/mol. The monoisotopic (exact) mass is 337 g/mol. The quantitative estimate of drug-likeness (QED) is 0.855. The first-order chi connectivity index (χ1) is 8.26. The van der Waals surface area contributed by atoms with E-state index in [2.05, 4.69) is 21.0 Å². The number of aromatic nitrogens is 2. The number of rotatable bonds is 6. The number of nitrogens with two attached hydrogens (primary N) is 1. The summed E-state index contributed by atoms with van der Waals surface area (Å²) < 4.78 is 26.5. The highest BCUT2D eigenvalue weighted by molar-refractivity contribution is 9.10. The van der Waals surface area contributed by atoms with Gasteiger partial charge in [0.15, 0.2) is 9.84 Å². The maximum atomic E-state index is 12.0. The smallest absolute Gasteiger partial charge is 0.156 e. The van der Waals surface area contributed by atoms with Gasteiger partial charge in [0.25, 0.3) is 0 Å². The van der Waals surface area contributed by atoms with Crippen LogP contribution in [0.5, 0.6) is 0 Å². The van der Waals surface area contributed by atoms with E-state index in [1.807, 2.05) is 20.8 Å². The summed E-state index contributed by atoms with van der Waals surface area (Å²) >= 11 is 3.40. The van der Waals surface area contributed by atoms with Crippen LogP contribution in [0.2, 0.25) is 0 Å². The van der Waals surface area contributed by atoms with Gasteiger partial charge < -0.3 is 5.73 Å². The summed E-state index contributed by atoms with van der Waals surface area (Å²) in [6.07, 6.45) is 0.485. The molecule has 1 atom stereocenters. The third-order valence-electron chi connectivity index (χ3n) is 2.69. The molecule has 1 aromatic rings. The zero-order chi connectivity index (χ0) is 13.9. The summed E-state index contributed by atoms with van der Waals surface area (Å²) in [7, 11) is -3.14. The standard InChI is InChI=1S/C11H20BrN3O2S/c1-4-15-10(11(12)9(3)14-15)7-18(16,17)6-5-8(2)13/h8H,4-7,13H2,1-3H3. The van der Waals surface area contributed by atoms with Gasteiger partial charge in [-0.3, -0.25) is 4.68 Å². The Labute approximate surface area is 117 Å². The van der Waals surface area contributed by atoms with Crippen LogP contribution in [0.25, 0.3) is 0 Å². The lowest BCUT2D eigenvalue weighted by Crippen LogP contribution is -2.21. The Hall–Kier alpha value is -0.400. The van der Waals surface area contributed by atoms with Gasteiger partial charge in [0.2, 0.25) is 0 Å². The molecule has 0 fully saturated rings. The van der Waals surface area contributed by atoms with Crippen LogP contribution in [-0.2, 0) is 22.1 Å². The molecule has 0 saturated heterocycles. The zero-order valence-electron chi connectivity index (χ0n) is 11.0. The number of hydrogen-bond acceptors (Lipinski definition) is 4. The van der Waals surface area contributed by atoms with Crippen molar-refractivity contribution in [1.29, 1.82) is 0 Å². The van der Waals surface area contributed by atoms with Crippen molar-refractivity contribution in [2.24, 2.45) is 5.73 Å². The minimum atomic E-state index is -3.14. The second-order valence-corrected chi connectivity index (χ2v) is 7.50. The van der Waals surface area contributed by atoms with Crippen molar-refractivity contribution in [2.45, 2.75) is 45.5 Å². The molecule has 5 nitrogen and oxygen atoms in total. The van der Waals surface area contributed by atoms with Crippen molar-refractivity contribution in [3.8, 4) is 0 Å². The van der Waals surface area contributed by atoms with Crippen molar-refractivity contribution in [2.75, 3.05) is 5.75 Å². The number of halogens is 1. The van der Waals surface area contributed by atoms with E-state index in [0.29, 0.717) is 13.0 Å². The first kappa shape index (κ1) is 15.7. The molecule has 1 rings (SSSR count). The van der Waals surface area contributed by atoms with Crippen LogP contribution in [0, 0.1) is 6.92 Å². The number of sulfone groups is 1. The van der Waals surface area contributed by atoms with E-state index < -0.39 is 9.84 Å². The van der Waals surface area contributed by atoms with Gasteiger partial charge in [0.05, 0.1) is 27.4 Å². The predicted octanol–water partition coefficient (Wildman–Crippen LogP) is 1.63. The molecule has 1 unspecified atom stereocenters. The lowest BCUT2D eigenvalue weighted by atomic mass is 10.3. The van der Waals surface area contributed by atoms with Gasteiger partial charge >= 0.3 is 0 Å². The highest BCUT2D eigenvalue weighted by Gasteiger charge is 2.20. The molecule has 0 aliphatic carbocycles. The largest absolute Gasteiger partial charge is 0.328 e. The number of hydrogen-bond donors (Lipinski definition) is 1. The molecule has 0 aliphatic heterocycles. The topological polar surface area (TPSA) is 78.0 Å². The maximum absolute atomic E-state index is 12.0. The van der Waals surface area contributed by atoms with Crippen molar-refractivity contribution >= 4 is 25.8 Å². The maximum Gasteiger partial charge on any atom is 0.156 e. The minimum Gasteiger partial charge on any atom is -0.328 e. The summed E-state index contributed by atoms with van der Waals surface area (Å²) in [5, 5.41) is 4.29. The van der Waals surface area contributed by atoms with Crippen LogP contribution in [0.15, 0.2) is 4.47 Å². The van der Waals surface area contributed by atoms with Crippen molar-refractivity contribution in [3.05, 3.63) is 15.9 Å². The average Bonchev–Trinajstić information content (AvgIpc) is 2.54. The molecule has 7 heteroatoms. The Balaban J connectivity index is 2.90. The Bertz CT molecular complexity index is 509. The molecule has 0 aliphatic rings. The fourth-order valence-electron chi connectivity index (χ4n) is 1.65. The van der Waals surface area contributed by atoms with E-state index in [-0.39, 0.29) is 17.5 Å². The SMILES string of the molecule is CCn1nc(C)c(Br)c1CS(=O)(=O)CCC(C)N. The number of aryl methyl sites for hydroxylation is 2. The van der Waals surface area contributed by atoms with Gasteiger partial charge in [0, 0.05) is 12.6 Å². The van der Waals surface area contributed by atoms with Crippen LogP contribution < -0.4 is 5.73 Å². The molecule has 104 valence electrons. The van der Waals surface area contributed by atoms with Crippen LogP contribution in [-0.4, -0.2) is 30.0 Å². The zero-order valence-corrected chi connectivity index (χ0v) is 13.4. The highest BCUT2D eigenvalue weighted by Crippen LogP contribution is 2.23. The molecule has 2 N–H and O–H groups in total. The van der Waals surface area contributed by atoms with E-state index in [0.717, 1.165) is 15.9 Å². The van der Waals surface area contributed by atoms with Gasteiger partial charge in [0.1, 0.15) is 0 Å². The van der Waals surface area contributed by atoms with Crippen LogP contribution >= 0.6 is 15.9 Å². The fraction of sp³-hybridized carbons (Fsp3) is 0.727. The van der Waals surface area contributed by atoms with Crippen LogP contribution in [0.4, 0.5) is 0 Å². The Morgan fingerprint density at radius 2 is 2.11 bits per heavy atom. The van der Waals surface area contributed by atoms with E-state index in [1.165, 1.54) is 0 Å². The summed E-state index contributed by atoms with van der Waals surface area (Å²) in [6.45, 7) is 6.27. The average molecular weight is 338 g/mol. The van der Waals surface area contributed by atoms with Gasteiger partial charge in [-0.2, -0.15) is 5.10 Å². The molecule has 0 spiro atoms. The molecular formula is C11H20BrN3O2S. The van der Waals surface area contributed by atoms with Crippen molar-refractivity contribution < 1.29 is 8.42 Å². The molecule has 0 bridgehead atoms. The molecule has 0 saturated carbocycles. The lowest BCUT2D eigenvalue weighted by Gasteiger charge is -2.08. The molecule has 0 aromatic carbocycles. The van der Waals surface area contributed by atoms with Crippen LogP contribution in [0.3, 0.4) is 0 Å². The van der Waals surface area contributed by atoms with Gasteiger partial charge in [-0.25, -0.2) is 8.42 Å². The Morgan fingerprint density at radius 1 is 1.50 bits per heavy atom. The van der Waals surface area contributed by atoms with E-state index in [1.54, 1.807) is 4.68 Å². The Kier molecular flexibility index (Phi) is 5.36. The van der Waals surface area contributed by atoms with Gasteiger partial charge in [-0.15, -0.1) is 0 Å². The molecule has 1 aromatic heterocycles. The summed E-state index contributed by atoms with van der Waals surface area (Å²) in [5.74, 6) is 0.125. The van der Waals surface area contributed by atoms with Crippen LogP contribution in [0.1, 0.15) is 31.7 Å². The third-order valence-corrected chi connectivity index (χ3v) is 5.30. The normalized spacial score (nSPS) is 13.8. The van der Waals surface area contributed by atoms with Crippen molar-refractivity contribution in [1.82, 2.24) is 9.78 Å². The highest BCUT2D eigenvalue weighted by atomic mass is 79.9. The van der Waals surface area contributed by atoms with E-state index in [9.17, 15) is 8.42 Å². The first-order valence-corrected chi connectivity index (χ1v) is 8.56. The van der Waals surface area contributed by atoms with Crippen molar-refractivity contribution in [3.63, 3.8) is 0 Å². The van der Waals surface area contributed by atoms with E-state index in [4.69, 9.17) is 5.73 Å². The minimum absolute atomic E-state index is 0.00891. The fourth-order valence-corrected chi connectivity index (χ4v) is 3.85. The molecular weight excluding hydrogens is 318 g/mol. The summed E-state index contributed by atoms with van der Waals surface area (Å²) in [5.41, 5.74) is 7.13. The lowest BCUT2D eigenvalue weighted by molar-refractivity contribution is 0.578. The van der Waals surface area contributed by atoms with E-state index >= 15 is 0 Å². The second-order valence-electron chi connectivity index (χ2n) is 4.52. The molecule has 18 heavy (non-hydrogen) atoms. The Morgan fingerprint density at radius 3 is 2.61 bits per heavy atom. The molecule has 1 heterocycles. The summed E-state index contributed by atoms with van der Waals surface area (Å²) in [6, 6.07) is -0.0963. The second kappa shape index (κ2) is 6.16. The first-order valence-electron chi connectivity index (χ1n) is 5.94. The molecule has 0 amide bonds.